The normalized spacial score (nSPS) is 12.4. The van der Waals surface area contributed by atoms with Crippen molar-refractivity contribution in [2.24, 2.45) is 0 Å². The van der Waals surface area contributed by atoms with Crippen LogP contribution in [0.1, 0.15) is 18.8 Å². The number of halogens is 2. The minimum Gasteiger partial charge on any atom is -0.358 e. The molecule has 3 aromatic heterocycles. The maximum Gasteiger partial charge on any atom is 0.269 e. The molecule has 2 N–H and O–H groups in total. The van der Waals surface area contributed by atoms with E-state index in [4.69, 9.17) is 0 Å². The maximum atomic E-state index is 14.5. The number of hydrogen-bond donors (Lipinski definition) is 2. The van der Waals surface area contributed by atoms with E-state index in [1.165, 1.54) is 47.6 Å². The lowest BCUT2D eigenvalue weighted by molar-refractivity contribution is 0.623. The Kier molecular flexibility index (Phi) is 4.39. The summed E-state index contributed by atoms with van der Waals surface area (Å²) in [6.45, 7) is 1.77. The van der Waals surface area contributed by atoms with Gasteiger partial charge in [-0.2, -0.15) is 0 Å². The average molecular weight is 419 g/mol. The van der Waals surface area contributed by atoms with Gasteiger partial charge in [0, 0.05) is 0 Å². The topological polar surface area (TPSA) is 101 Å². The molecule has 0 spiro atoms. The van der Waals surface area contributed by atoms with E-state index in [9.17, 15) is 13.6 Å². The van der Waals surface area contributed by atoms with Crippen LogP contribution in [0.3, 0.4) is 0 Å². The minimum absolute atomic E-state index is 0.166. The van der Waals surface area contributed by atoms with Crippen LogP contribution < -0.4 is 10.9 Å². The Labute approximate surface area is 173 Å². The number of aromatic amines is 1. The van der Waals surface area contributed by atoms with Gasteiger partial charge in [0.25, 0.3) is 5.56 Å². The minimum atomic E-state index is -0.692. The summed E-state index contributed by atoms with van der Waals surface area (Å²) in [5, 5.41) is 3.02. The molecule has 0 aliphatic rings. The number of anilines is 1. The van der Waals surface area contributed by atoms with E-state index in [1.54, 1.807) is 19.1 Å². The fourth-order valence-corrected chi connectivity index (χ4v) is 3.51. The SMILES string of the molecule is C[C@@H](Nc1ncnc2nc[nH]c12)c1nc2cccc(F)c2c(=O)n1-c1cccc(F)c1. The molecule has 31 heavy (non-hydrogen) atoms. The van der Waals surface area contributed by atoms with Crippen molar-refractivity contribution in [2.75, 3.05) is 5.32 Å². The molecule has 0 saturated heterocycles. The lowest BCUT2D eigenvalue weighted by atomic mass is 10.2. The van der Waals surface area contributed by atoms with Gasteiger partial charge in [0.1, 0.15) is 34.7 Å². The molecule has 5 aromatic rings. The van der Waals surface area contributed by atoms with E-state index in [0.29, 0.717) is 17.0 Å². The van der Waals surface area contributed by atoms with Gasteiger partial charge in [0.05, 0.1) is 23.6 Å². The second-order valence-electron chi connectivity index (χ2n) is 6.91. The predicted octanol–water partition coefficient (Wildman–Crippen LogP) is 3.50. The Hall–Kier alpha value is -4.21. The summed E-state index contributed by atoms with van der Waals surface area (Å²) in [4.78, 5) is 33.2. The van der Waals surface area contributed by atoms with Crippen LogP contribution in [-0.2, 0) is 0 Å². The molecule has 5 rings (SSSR count). The predicted molar refractivity (Wildman–Crippen MR) is 111 cm³/mol. The first-order chi connectivity index (χ1) is 15.0. The van der Waals surface area contributed by atoms with Gasteiger partial charge in [-0.25, -0.2) is 28.7 Å². The Morgan fingerprint density at radius 2 is 1.94 bits per heavy atom. The van der Waals surface area contributed by atoms with Gasteiger partial charge in [-0.05, 0) is 37.3 Å². The standard InChI is InChI=1S/C21H15F2N7O/c1-11(28-19-17-18(25-9-24-17)26-10-27-19)20-29-15-7-3-6-14(23)16(15)21(31)30(20)13-5-2-4-12(22)8-13/h2-11H,1H3,(H2,24,25,26,27,28)/t11-/m1/s1. The number of hydrogen-bond acceptors (Lipinski definition) is 6. The van der Waals surface area contributed by atoms with E-state index >= 15 is 0 Å². The number of imidazole rings is 1. The van der Waals surface area contributed by atoms with Crippen molar-refractivity contribution in [1.82, 2.24) is 29.5 Å². The highest BCUT2D eigenvalue weighted by molar-refractivity contribution is 5.82. The van der Waals surface area contributed by atoms with Gasteiger partial charge in [0.15, 0.2) is 11.5 Å². The molecule has 154 valence electrons. The second-order valence-corrected chi connectivity index (χ2v) is 6.91. The average Bonchev–Trinajstić information content (AvgIpc) is 3.23. The molecular formula is C21H15F2N7O. The number of benzene rings is 2. The summed E-state index contributed by atoms with van der Waals surface area (Å²) in [5.74, 6) is -0.504. The zero-order chi connectivity index (χ0) is 21.5. The Balaban J connectivity index is 1.72. The lowest BCUT2D eigenvalue weighted by Gasteiger charge is -2.20. The van der Waals surface area contributed by atoms with Crippen LogP contribution in [0.25, 0.3) is 27.8 Å². The molecular weight excluding hydrogens is 404 g/mol. The molecule has 0 unspecified atom stereocenters. The smallest absolute Gasteiger partial charge is 0.269 e. The molecule has 2 aromatic carbocycles. The fourth-order valence-electron chi connectivity index (χ4n) is 3.51. The molecule has 0 fully saturated rings. The molecule has 0 aliphatic heterocycles. The zero-order valence-corrected chi connectivity index (χ0v) is 16.2. The van der Waals surface area contributed by atoms with E-state index < -0.39 is 23.2 Å². The first-order valence-electron chi connectivity index (χ1n) is 9.40. The van der Waals surface area contributed by atoms with Gasteiger partial charge in [-0.15, -0.1) is 0 Å². The van der Waals surface area contributed by atoms with Crippen LogP contribution >= 0.6 is 0 Å². The molecule has 0 aliphatic carbocycles. The first kappa shape index (κ1) is 18.8. The molecule has 0 bridgehead atoms. The largest absolute Gasteiger partial charge is 0.358 e. The third-order valence-electron chi connectivity index (χ3n) is 4.90. The summed E-state index contributed by atoms with van der Waals surface area (Å²) in [6, 6.07) is 9.17. The van der Waals surface area contributed by atoms with Crippen molar-refractivity contribution < 1.29 is 8.78 Å². The summed E-state index contributed by atoms with van der Waals surface area (Å²) in [6.07, 6.45) is 2.86. The Morgan fingerprint density at radius 3 is 2.77 bits per heavy atom. The third-order valence-corrected chi connectivity index (χ3v) is 4.90. The van der Waals surface area contributed by atoms with E-state index in [-0.39, 0.29) is 22.4 Å². The van der Waals surface area contributed by atoms with Crippen molar-refractivity contribution in [2.45, 2.75) is 13.0 Å². The summed E-state index contributed by atoms with van der Waals surface area (Å²) >= 11 is 0. The molecule has 0 amide bonds. The van der Waals surface area contributed by atoms with Crippen LogP contribution in [-0.4, -0.2) is 29.5 Å². The summed E-state index contributed by atoms with van der Waals surface area (Å²) < 4.78 is 29.6. The fraction of sp³-hybridized carbons (Fsp3) is 0.0952. The molecule has 0 saturated carbocycles. The Bertz CT molecular complexity index is 1490. The van der Waals surface area contributed by atoms with Gasteiger partial charge >= 0.3 is 0 Å². The molecule has 8 nitrogen and oxygen atoms in total. The number of fused-ring (bicyclic) bond motifs is 2. The van der Waals surface area contributed by atoms with Crippen LogP contribution in [0.4, 0.5) is 14.6 Å². The van der Waals surface area contributed by atoms with Crippen molar-refractivity contribution in [3.05, 3.63) is 82.9 Å². The van der Waals surface area contributed by atoms with Gasteiger partial charge < -0.3 is 10.3 Å². The van der Waals surface area contributed by atoms with Crippen molar-refractivity contribution in [3.63, 3.8) is 0 Å². The summed E-state index contributed by atoms with van der Waals surface area (Å²) in [7, 11) is 0. The van der Waals surface area contributed by atoms with Gasteiger partial charge in [-0.3, -0.25) is 9.36 Å². The zero-order valence-electron chi connectivity index (χ0n) is 16.2. The molecule has 1 atom stereocenters. The highest BCUT2D eigenvalue weighted by Gasteiger charge is 2.21. The number of nitrogens with zero attached hydrogens (tertiary/aromatic N) is 5. The van der Waals surface area contributed by atoms with Gasteiger partial charge in [0.2, 0.25) is 0 Å². The van der Waals surface area contributed by atoms with Gasteiger partial charge in [-0.1, -0.05) is 12.1 Å². The third kappa shape index (κ3) is 3.18. The highest BCUT2D eigenvalue weighted by atomic mass is 19.1. The van der Waals surface area contributed by atoms with Crippen LogP contribution in [0, 0.1) is 11.6 Å². The number of aromatic nitrogens is 6. The van der Waals surface area contributed by atoms with Crippen LogP contribution in [0.15, 0.2) is 59.9 Å². The Morgan fingerprint density at radius 1 is 1.10 bits per heavy atom. The van der Waals surface area contributed by atoms with E-state index in [0.717, 1.165) is 0 Å². The molecule has 0 radical (unpaired) electrons. The highest BCUT2D eigenvalue weighted by Crippen LogP contribution is 2.24. The van der Waals surface area contributed by atoms with Crippen molar-refractivity contribution in [1.29, 1.82) is 0 Å². The summed E-state index contributed by atoms with van der Waals surface area (Å²) in [5.41, 5.74) is 0.865. The van der Waals surface area contributed by atoms with Crippen molar-refractivity contribution >= 4 is 27.9 Å². The maximum absolute atomic E-state index is 14.5. The number of H-pyrrole nitrogens is 1. The number of nitrogens with one attached hydrogen (secondary N) is 2. The molecule has 3 heterocycles. The van der Waals surface area contributed by atoms with Crippen molar-refractivity contribution in [3.8, 4) is 5.69 Å². The quantitative estimate of drug-likeness (QED) is 0.462. The van der Waals surface area contributed by atoms with Crippen LogP contribution in [0.2, 0.25) is 0 Å². The first-order valence-corrected chi connectivity index (χ1v) is 9.40. The molecule has 10 heteroatoms. The van der Waals surface area contributed by atoms with E-state index in [1.807, 2.05) is 0 Å². The lowest BCUT2D eigenvalue weighted by Crippen LogP contribution is -2.28. The number of rotatable bonds is 4. The second kappa shape index (κ2) is 7.24. The monoisotopic (exact) mass is 419 g/mol. The van der Waals surface area contributed by atoms with Crippen LogP contribution in [0.5, 0.6) is 0 Å². The van der Waals surface area contributed by atoms with E-state index in [2.05, 4.69) is 30.2 Å².